The predicted octanol–water partition coefficient (Wildman–Crippen LogP) is 2.38. The Bertz CT molecular complexity index is 1050. The molecular formula is C24H34O9S. The first-order chi connectivity index (χ1) is 15.6. The third-order valence-corrected chi connectivity index (χ3v) is 10.2. The van der Waals surface area contributed by atoms with Gasteiger partial charge in [0.2, 0.25) is 0 Å². The zero-order valence-corrected chi connectivity index (χ0v) is 20.6. The van der Waals surface area contributed by atoms with Crippen LogP contribution in [0, 0.1) is 34.5 Å². The fourth-order valence-corrected chi connectivity index (χ4v) is 8.66. The average Bonchev–Trinajstić information content (AvgIpc) is 2.96. The molecule has 0 amide bonds. The summed E-state index contributed by atoms with van der Waals surface area (Å²) in [6.45, 7) is 3.81. The van der Waals surface area contributed by atoms with Gasteiger partial charge in [-0.1, -0.05) is 19.4 Å². The Hall–Kier alpha value is -1.78. The van der Waals surface area contributed by atoms with Crippen molar-refractivity contribution in [3.8, 4) is 0 Å². The number of ketones is 1. The summed E-state index contributed by atoms with van der Waals surface area (Å²) in [7, 11) is -3.92. The van der Waals surface area contributed by atoms with Crippen molar-refractivity contribution < 1.29 is 42.3 Å². The van der Waals surface area contributed by atoms with Crippen LogP contribution in [-0.4, -0.2) is 59.4 Å². The molecule has 9 nitrogen and oxygen atoms in total. The van der Waals surface area contributed by atoms with Crippen molar-refractivity contribution in [2.75, 3.05) is 6.26 Å². The molecule has 0 aromatic rings. The van der Waals surface area contributed by atoms with Crippen molar-refractivity contribution >= 4 is 27.8 Å². The lowest BCUT2D eigenvalue weighted by Gasteiger charge is -2.62. The topological polar surface area (TPSA) is 155 Å². The van der Waals surface area contributed by atoms with Gasteiger partial charge < -0.3 is 15.3 Å². The number of fused-ring (bicyclic) bond motifs is 5. The first kappa shape index (κ1) is 25.3. The average molecular weight is 499 g/mol. The summed E-state index contributed by atoms with van der Waals surface area (Å²) >= 11 is 0. The standard InChI is InChI=1S/C24H34O9S/c1-22-7-4-14(25)10-13(22)11-15(21(28)29)19-16-5-8-24(30,9-6-18(26)27)23(16,2)12-17(20(19)22)33-34(3,31)32/h10,15-17,19-20,30H,4-9,11-12H2,1-3H3,(H,26,27)(H,28,29)/t15?,16-,17?,19-,20-,22-,23-,24-/m0/s1. The highest BCUT2D eigenvalue weighted by Crippen LogP contribution is 2.69. The molecule has 0 spiro atoms. The first-order valence-electron chi connectivity index (χ1n) is 11.9. The summed E-state index contributed by atoms with van der Waals surface area (Å²) < 4.78 is 30.3. The van der Waals surface area contributed by atoms with E-state index in [4.69, 9.17) is 4.18 Å². The highest BCUT2D eigenvalue weighted by atomic mass is 32.2. The molecule has 0 radical (unpaired) electrons. The quantitative estimate of drug-likeness (QED) is 0.468. The maximum atomic E-state index is 12.5. The summed E-state index contributed by atoms with van der Waals surface area (Å²) in [6, 6.07) is 0. The lowest BCUT2D eigenvalue weighted by Crippen LogP contribution is -2.63. The number of allylic oxidation sites excluding steroid dienone is 1. The van der Waals surface area contributed by atoms with Gasteiger partial charge in [-0.25, -0.2) is 0 Å². The van der Waals surface area contributed by atoms with Crippen molar-refractivity contribution in [2.24, 2.45) is 34.5 Å². The molecular weight excluding hydrogens is 464 g/mol. The second kappa shape index (κ2) is 8.13. The lowest BCUT2D eigenvalue weighted by molar-refractivity contribution is -0.187. The van der Waals surface area contributed by atoms with Crippen molar-refractivity contribution in [3.05, 3.63) is 11.6 Å². The lowest BCUT2D eigenvalue weighted by atomic mass is 9.43. The van der Waals surface area contributed by atoms with Gasteiger partial charge in [-0.05, 0) is 67.8 Å². The first-order valence-corrected chi connectivity index (χ1v) is 13.7. The molecule has 10 heteroatoms. The van der Waals surface area contributed by atoms with Crippen LogP contribution >= 0.6 is 0 Å². The summed E-state index contributed by atoms with van der Waals surface area (Å²) in [5.74, 6) is -4.14. The second-order valence-corrected chi connectivity index (χ2v) is 12.9. The molecule has 8 atom stereocenters. The van der Waals surface area contributed by atoms with Crippen LogP contribution < -0.4 is 0 Å². The number of aliphatic carboxylic acids is 2. The minimum absolute atomic E-state index is 0.00692. The number of hydrogen-bond acceptors (Lipinski definition) is 7. The zero-order valence-electron chi connectivity index (χ0n) is 19.8. The van der Waals surface area contributed by atoms with E-state index in [0.29, 0.717) is 25.7 Å². The molecule has 2 unspecified atom stereocenters. The molecule has 0 aromatic heterocycles. The third-order valence-electron chi connectivity index (χ3n) is 9.62. The van der Waals surface area contributed by atoms with E-state index in [0.717, 1.165) is 11.8 Å². The molecule has 3 fully saturated rings. The van der Waals surface area contributed by atoms with E-state index in [2.05, 4.69) is 0 Å². The van der Waals surface area contributed by atoms with E-state index < -0.39 is 62.3 Å². The Kier molecular flexibility index (Phi) is 6.05. The highest BCUT2D eigenvalue weighted by molar-refractivity contribution is 7.86. The van der Waals surface area contributed by atoms with Gasteiger partial charge in [0.05, 0.1) is 23.9 Å². The molecule has 0 aliphatic heterocycles. The molecule has 0 bridgehead atoms. The SMILES string of the molecule is C[C@]12CCC(=O)C=C1CC(C(=O)O)[C@@H]1[C@@H]2C(OS(C)(=O)=O)C[C@@]2(C)[C@H]1CC[C@]2(O)CCC(=O)O. The second-order valence-electron chi connectivity index (χ2n) is 11.3. The fourth-order valence-electron chi connectivity index (χ4n) is 8.03. The Morgan fingerprint density at radius 2 is 1.88 bits per heavy atom. The monoisotopic (exact) mass is 498 g/mol. The summed E-state index contributed by atoms with van der Waals surface area (Å²) in [5.41, 5.74) is -2.14. The van der Waals surface area contributed by atoms with Crippen molar-refractivity contribution in [2.45, 2.75) is 76.9 Å². The van der Waals surface area contributed by atoms with Gasteiger partial charge in [0.25, 0.3) is 10.1 Å². The van der Waals surface area contributed by atoms with E-state index in [1.54, 1.807) is 6.08 Å². The summed E-state index contributed by atoms with van der Waals surface area (Å²) in [5, 5.41) is 31.2. The largest absolute Gasteiger partial charge is 0.481 e. The molecule has 0 heterocycles. The number of aliphatic hydroxyl groups is 1. The number of carboxylic acid groups (broad SMARTS) is 2. The van der Waals surface area contributed by atoms with Crippen LogP contribution in [0.25, 0.3) is 0 Å². The van der Waals surface area contributed by atoms with Crippen LogP contribution in [0.15, 0.2) is 11.6 Å². The van der Waals surface area contributed by atoms with E-state index in [1.165, 1.54) is 0 Å². The molecule has 4 aliphatic rings. The van der Waals surface area contributed by atoms with Gasteiger partial charge in [-0.2, -0.15) is 8.42 Å². The molecule has 0 aromatic carbocycles. The molecule has 190 valence electrons. The van der Waals surface area contributed by atoms with Crippen molar-refractivity contribution in [3.63, 3.8) is 0 Å². The molecule has 4 aliphatic carbocycles. The minimum Gasteiger partial charge on any atom is -0.481 e. The van der Waals surface area contributed by atoms with Crippen LogP contribution in [0.4, 0.5) is 0 Å². The van der Waals surface area contributed by atoms with Crippen LogP contribution in [-0.2, 0) is 28.7 Å². The molecule has 3 N–H and O–H groups in total. The summed E-state index contributed by atoms with van der Waals surface area (Å²) in [6.07, 6.45) is 3.39. The van der Waals surface area contributed by atoms with E-state index in [-0.39, 0.29) is 37.4 Å². The molecule has 34 heavy (non-hydrogen) atoms. The zero-order chi connectivity index (χ0) is 25.3. The Balaban J connectivity index is 1.86. The highest BCUT2D eigenvalue weighted by Gasteiger charge is 2.69. The van der Waals surface area contributed by atoms with Gasteiger partial charge in [-0.15, -0.1) is 0 Å². The minimum atomic E-state index is -3.92. The van der Waals surface area contributed by atoms with Crippen LogP contribution in [0.1, 0.15) is 65.2 Å². The van der Waals surface area contributed by atoms with E-state index in [9.17, 15) is 38.1 Å². The number of carboxylic acids is 2. The van der Waals surface area contributed by atoms with Gasteiger partial charge >= 0.3 is 11.9 Å². The van der Waals surface area contributed by atoms with Gasteiger partial charge in [0.1, 0.15) is 0 Å². The van der Waals surface area contributed by atoms with E-state index >= 15 is 0 Å². The normalized spacial score (nSPS) is 43.9. The predicted molar refractivity (Wildman–Crippen MR) is 120 cm³/mol. The van der Waals surface area contributed by atoms with Crippen molar-refractivity contribution in [1.82, 2.24) is 0 Å². The van der Waals surface area contributed by atoms with Gasteiger partial charge in [0.15, 0.2) is 5.78 Å². The number of carbonyl (C=O) groups is 3. The van der Waals surface area contributed by atoms with Crippen molar-refractivity contribution in [1.29, 1.82) is 0 Å². The van der Waals surface area contributed by atoms with Crippen LogP contribution in [0.5, 0.6) is 0 Å². The van der Waals surface area contributed by atoms with Crippen LogP contribution in [0.2, 0.25) is 0 Å². The third kappa shape index (κ3) is 3.91. The number of carbonyl (C=O) groups excluding carboxylic acids is 1. The fraction of sp³-hybridized carbons (Fsp3) is 0.792. The molecule has 4 rings (SSSR count). The number of rotatable bonds is 6. The Labute approximate surface area is 199 Å². The Morgan fingerprint density at radius 1 is 1.21 bits per heavy atom. The maximum absolute atomic E-state index is 12.5. The van der Waals surface area contributed by atoms with Crippen LogP contribution in [0.3, 0.4) is 0 Å². The Morgan fingerprint density at radius 3 is 2.47 bits per heavy atom. The van der Waals surface area contributed by atoms with Gasteiger partial charge in [-0.3, -0.25) is 18.6 Å². The van der Waals surface area contributed by atoms with Gasteiger partial charge in [0, 0.05) is 18.3 Å². The maximum Gasteiger partial charge on any atom is 0.307 e. The summed E-state index contributed by atoms with van der Waals surface area (Å²) in [4.78, 5) is 36.0. The van der Waals surface area contributed by atoms with E-state index in [1.807, 2.05) is 13.8 Å². The molecule has 0 saturated heterocycles. The smallest absolute Gasteiger partial charge is 0.307 e. The molecule has 3 saturated carbocycles. The number of hydrogen-bond donors (Lipinski definition) is 3.